The van der Waals surface area contributed by atoms with Gasteiger partial charge in [0.2, 0.25) is 11.9 Å². The van der Waals surface area contributed by atoms with Gasteiger partial charge < -0.3 is 15.5 Å². The first kappa shape index (κ1) is 26.8. The van der Waals surface area contributed by atoms with Gasteiger partial charge in [0, 0.05) is 19.3 Å². The first-order chi connectivity index (χ1) is 15.5. The van der Waals surface area contributed by atoms with Crippen molar-refractivity contribution in [3.63, 3.8) is 0 Å². The Morgan fingerprint density at radius 1 is 1.21 bits per heavy atom. The highest BCUT2D eigenvalue weighted by molar-refractivity contribution is 7.16. The van der Waals surface area contributed by atoms with E-state index in [9.17, 15) is 18.0 Å². The second-order valence-electron chi connectivity index (χ2n) is 7.68. The number of hydrogen-bond donors (Lipinski definition) is 2. The summed E-state index contributed by atoms with van der Waals surface area (Å²) >= 11 is 7.06. The van der Waals surface area contributed by atoms with E-state index in [0.717, 1.165) is 16.2 Å². The number of thiazole rings is 1. The van der Waals surface area contributed by atoms with Gasteiger partial charge in [0.15, 0.2) is 5.15 Å². The van der Waals surface area contributed by atoms with Crippen LogP contribution in [0.5, 0.6) is 0 Å². The summed E-state index contributed by atoms with van der Waals surface area (Å²) in [6.07, 6.45) is -4.08. The molecule has 0 bridgehead atoms. The van der Waals surface area contributed by atoms with Gasteiger partial charge in [0.05, 0.1) is 52.5 Å². The zero-order chi connectivity index (χ0) is 25.7. The average molecular weight is 494 g/mol. The van der Waals surface area contributed by atoms with Gasteiger partial charge >= 0.3 is 6.18 Å². The van der Waals surface area contributed by atoms with Gasteiger partial charge in [-0.2, -0.15) is 18.2 Å². The van der Waals surface area contributed by atoms with E-state index in [2.05, 4.69) is 25.6 Å². The molecule has 2 aromatic rings. The van der Waals surface area contributed by atoms with E-state index in [1.54, 1.807) is 6.92 Å². The van der Waals surface area contributed by atoms with Crippen molar-refractivity contribution in [1.29, 1.82) is 0 Å². The average Bonchev–Trinajstić information content (AvgIpc) is 3.21. The largest absolute Gasteiger partial charge is 0.421 e. The van der Waals surface area contributed by atoms with Crippen molar-refractivity contribution in [2.75, 3.05) is 23.7 Å². The van der Waals surface area contributed by atoms with E-state index >= 15 is 0 Å². The van der Waals surface area contributed by atoms with Gasteiger partial charge in [-0.3, -0.25) is 4.79 Å². The summed E-state index contributed by atoms with van der Waals surface area (Å²) in [5, 5.41) is 1.07. The van der Waals surface area contributed by atoms with Gasteiger partial charge in [-0.1, -0.05) is 28.2 Å². The molecule has 164 valence electrons. The quantitative estimate of drug-likeness (QED) is 0.559. The molecule has 2 aromatic heterocycles. The number of nitrogens with zero attached hydrogens (tertiary/aromatic N) is 4. The van der Waals surface area contributed by atoms with Crippen LogP contribution in [0, 0.1) is 0 Å². The highest BCUT2D eigenvalue weighted by Gasteiger charge is 2.57. The van der Waals surface area contributed by atoms with Crippen LogP contribution in [-0.4, -0.2) is 91.2 Å². The Labute approximate surface area is 211 Å². The molecule has 18 heteroatoms. The third kappa shape index (κ3) is 4.82. The van der Waals surface area contributed by atoms with E-state index in [1.807, 2.05) is 0 Å². The molecule has 1 fully saturated rings. The summed E-state index contributed by atoms with van der Waals surface area (Å²) in [5.41, 5.74) is -2.83. The molecule has 1 aliphatic heterocycles. The number of alkyl halides is 3. The maximum Gasteiger partial charge on any atom is 0.421 e. The Bertz CT molecular complexity index is 1090. The Hall–Kier alpha value is -1.75. The van der Waals surface area contributed by atoms with Crippen LogP contribution in [0.1, 0.15) is 23.9 Å². The maximum absolute atomic E-state index is 13.3. The Balaban J connectivity index is 2.01. The molecular weight excluding hydrogens is 482 g/mol. The highest BCUT2D eigenvalue weighted by atomic mass is 35.5. The van der Waals surface area contributed by atoms with E-state index in [0.29, 0.717) is 6.20 Å². The van der Waals surface area contributed by atoms with Crippen LogP contribution in [0.15, 0.2) is 6.20 Å². The minimum atomic E-state index is -4.66. The molecule has 1 aliphatic rings. The fraction of sp³-hybridized carbons (Fsp3) is 0.500. The van der Waals surface area contributed by atoms with Gasteiger partial charge in [0.25, 0.3) is 0 Å². The van der Waals surface area contributed by atoms with Crippen molar-refractivity contribution in [3.8, 4) is 0 Å². The minimum absolute atomic E-state index is 0.0167. The number of aromatic nitrogens is 3. The van der Waals surface area contributed by atoms with Crippen LogP contribution in [0.3, 0.4) is 0 Å². The summed E-state index contributed by atoms with van der Waals surface area (Å²) < 4.78 is 39.6. The Kier molecular flexibility index (Phi) is 7.14. The summed E-state index contributed by atoms with van der Waals surface area (Å²) in [6, 6.07) is 0. The van der Waals surface area contributed by atoms with E-state index in [1.165, 1.54) is 0 Å². The van der Waals surface area contributed by atoms with Crippen molar-refractivity contribution < 1.29 is 18.0 Å². The van der Waals surface area contributed by atoms with Gasteiger partial charge in [0.1, 0.15) is 21.4 Å². The molecule has 34 heavy (non-hydrogen) atoms. The lowest BCUT2D eigenvalue weighted by Gasteiger charge is -2.42. The molecule has 0 unspecified atom stereocenters. The lowest BCUT2D eigenvalue weighted by Crippen LogP contribution is -2.56. The number of carbonyl (C=O) groups excluding carboxylic acids is 1. The van der Waals surface area contributed by atoms with Crippen molar-refractivity contribution in [1.82, 2.24) is 19.9 Å². The molecule has 7 nitrogen and oxygen atoms in total. The fourth-order valence-electron chi connectivity index (χ4n) is 3.49. The summed E-state index contributed by atoms with van der Waals surface area (Å²) in [4.78, 5) is 25.9. The zero-order valence-electron chi connectivity index (χ0n) is 17.8. The smallest absolute Gasteiger partial charge is 0.370 e. The van der Waals surface area contributed by atoms with Crippen LogP contribution < -0.4 is 10.6 Å². The standard InChI is InChI=1S/C16H12B6ClF3N6OS/c1-2-27-8-6(14(24,25)26)5-28-12(30-8)31-9-7(23)29-10(34-9)13(15(17,18)19)3-4-32(11(13)33)16(20,21)22/h5H,2-4H2,1H3,(H2,27,28,30,31)/t13-/m0/s1. The molecule has 12 radical (unpaired) electrons. The molecule has 0 aliphatic carbocycles. The Morgan fingerprint density at radius 3 is 2.35 bits per heavy atom. The minimum Gasteiger partial charge on any atom is -0.370 e. The molecular formula is C16H12B6ClF3N6OS. The molecule has 3 rings (SSSR count). The number of nitrogens with one attached hydrogen (secondary N) is 2. The first-order valence-electron chi connectivity index (χ1n) is 9.69. The molecule has 2 N–H and O–H groups in total. The number of hydrogen-bond acceptors (Lipinski definition) is 7. The number of anilines is 3. The second kappa shape index (κ2) is 9.04. The van der Waals surface area contributed by atoms with Crippen molar-refractivity contribution in [2.24, 2.45) is 0 Å². The monoisotopic (exact) mass is 494 g/mol. The normalized spacial score (nSPS) is 19.4. The SMILES string of the molecule is [B]C([B])([B])N1CC[C@@](c2nc(Cl)c(Nc3ncc(C(F)(F)F)c(NCC)n3)s2)(C([B])([B])[B])C1=O. The third-order valence-corrected chi connectivity index (χ3v) is 6.66. The zero-order valence-corrected chi connectivity index (χ0v) is 19.4. The van der Waals surface area contributed by atoms with Crippen LogP contribution in [0.25, 0.3) is 0 Å². The van der Waals surface area contributed by atoms with Crippen molar-refractivity contribution in [3.05, 3.63) is 21.9 Å². The topological polar surface area (TPSA) is 83.0 Å². The molecule has 0 aromatic carbocycles. The summed E-state index contributed by atoms with van der Waals surface area (Å²) in [5.74, 6) is -1.40. The number of likely N-dealkylation sites (tertiary alicyclic amines) is 1. The molecule has 1 amide bonds. The Morgan fingerprint density at radius 2 is 1.85 bits per heavy atom. The third-order valence-electron chi connectivity index (χ3n) is 5.14. The van der Waals surface area contributed by atoms with E-state index in [-0.39, 0.29) is 40.6 Å². The molecule has 1 atom stereocenters. The lowest BCUT2D eigenvalue weighted by molar-refractivity contribution is -0.137. The summed E-state index contributed by atoms with van der Waals surface area (Å²) in [7, 11) is 34.9. The number of halogens is 4. The van der Waals surface area contributed by atoms with Crippen molar-refractivity contribution >= 4 is 92.7 Å². The van der Waals surface area contributed by atoms with Gasteiger partial charge in [-0.15, -0.1) is 5.11 Å². The predicted molar refractivity (Wildman–Crippen MR) is 130 cm³/mol. The first-order valence-corrected chi connectivity index (χ1v) is 10.9. The lowest BCUT2D eigenvalue weighted by atomic mass is 9.32. The van der Waals surface area contributed by atoms with Crippen molar-refractivity contribution in [2.45, 2.75) is 35.3 Å². The van der Waals surface area contributed by atoms with Gasteiger partial charge in [-0.25, -0.2) is 9.97 Å². The number of amides is 1. The number of rotatable bonds is 7. The predicted octanol–water partition coefficient (Wildman–Crippen LogP) is 0.947. The maximum atomic E-state index is 13.3. The highest BCUT2D eigenvalue weighted by Crippen LogP contribution is 2.52. The molecule has 0 saturated carbocycles. The van der Waals surface area contributed by atoms with Crippen LogP contribution >= 0.6 is 22.9 Å². The van der Waals surface area contributed by atoms with Crippen LogP contribution in [-0.2, 0) is 16.4 Å². The number of carbonyl (C=O) groups is 1. The molecule has 1 saturated heterocycles. The van der Waals surface area contributed by atoms with Crippen LogP contribution in [0.4, 0.5) is 29.9 Å². The van der Waals surface area contributed by atoms with E-state index in [4.69, 9.17) is 58.7 Å². The molecule has 3 heterocycles. The molecule has 0 spiro atoms. The van der Waals surface area contributed by atoms with Gasteiger partial charge in [-0.05, 0) is 13.3 Å². The second-order valence-corrected chi connectivity index (χ2v) is 9.04. The van der Waals surface area contributed by atoms with E-state index < -0.39 is 39.2 Å². The fourth-order valence-corrected chi connectivity index (χ4v) is 4.93. The van der Waals surface area contributed by atoms with Crippen LogP contribution in [0.2, 0.25) is 10.3 Å². The summed E-state index contributed by atoms with van der Waals surface area (Å²) in [6.45, 7) is 1.77.